The largest absolute Gasteiger partial charge is 0.505 e. The number of hydrogen-bond acceptors (Lipinski definition) is 6. The first-order valence-corrected chi connectivity index (χ1v) is 8.92. The molecule has 0 saturated heterocycles. The molecule has 8 heteroatoms. The maximum Gasteiger partial charge on any atom is 0.265 e. The second-order valence-electron chi connectivity index (χ2n) is 6.37. The topological polar surface area (TPSA) is 104 Å². The van der Waals surface area contributed by atoms with E-state index in [1.807, 2.05) is 6.07 Å². The third-order valence-corrected chi connectivity index (χ3v) is 5.12. The molecule has 1 aliphatic heterocycles. The van der Waals surface area contributed by atoms with Crippen LogP contribution >= 0.6 is 15.9 Å². The van der Waals surface area contributed by atoms with Gasteiger partial charge in [0.05, 0.1) is 17.9 Å². The lowest BCUT2D eigenvalue weighted by Gasteiger charge is -2.13. The molecule has 0 aliphatic carbocycles. The highest BCUT2D eigenvalue weighted by Crippen LogP contribution is 2.42. The van der Waals surface area contributed by atoms with E-state index in [-0.39, 0.29) is 28.7 Å². The molecular weight excluding hydrogens is 414 g/mol. The minimum absolute atomic E-state index is 0.000180. The van der Waals surface area contributed by atoms with Crippen LogP contribution in [-0.2, 0) is 6.54 Å². The van der Waals surface area contributed by atoms with E-state index in [1.54, 1.807) is 32.0 Å². The lowest BCUT2D eigenvalue weighted by Crippen LogP contribution is -2.29. The number of benzene rings is 2. The standard InChI is InChI=1S/C19H14BrN3O4/c1-8-9(2)22-15-14(21-8)16(24)12-13(17(15)25)19(27)23(18(12)26)7-10-4-3-5-11(20)6-10/h3-6,24-25H,7H2,1-2H3. The predicted octanol–water partition coefficient (Wildman–Crippen LogP) is 3.22. The highest BCUT2D eigenvalue weighted by molar-refractivity contribution is 9.10. The van der Waals surface area contributed by atoms with Crippen LogP contribution in [0.15, 0.2) is 28.7 Å². The number of phenols is 2. The number of rotatable bonds is 2. The first-order valence-electron chi connectivity index (χ1n) is 8.13. The number of aromatic hydroxyl groups is 2. The molecule has 2 aromatic carbocycles. The Kier molecular flexibility index (Phi) is 3.88. The summed E-state index contributed by atoms with van der Waals surface area (Å²) in [6, 6.07) is 7.19. The molecule has 136 valence electrons. The van der Waals surface area contributed by atoms with Crippen LogP contribution in [0, 0.1) is 13.8 Å². The Balaban J connectivity index is 1.89. The fourth-order valence-corrected chi connectivity index (χ4v) is 3.59. The van der Waals surface area contributed by atoms with Gasteiger partial charge in [-0.3, -0.25) is 14.5 Å². The van der Waals surface area contributed by atoms with Crippen LogP contribution in [0.1, 0.15) is 37.7 Å². The predicted molar refractivity (Wildman–Crippen MR) is 101 cm³/mol. The lowest BCUT2D eigenvalue weighted by molar-refractivity contribution is 0.0641. The Bertz CT molecular complexity index is 1090. The van der Waals surface area contributed by atoms with Gasteiger partial charge in [-0.1, -0.05) is 28.1 Å². The van der Waals surface area contributed by atoms with Crippen LogP contribution in [-0.4, -0.2) is 36.9 Å². The number of imide groups is 1. The molecular formula is C19H14BrN3O4. The molecule has 3 aromatic rings. The first-order chi connectivity index (χ1) is 12.8. The van der Waals surface area contributed by atoms with Gasteiger partial charge in [0.15, 0.2) is 11.5 Å². The van der Waals surface area contributed by atoms with Crippen LogP contribution in [0.25, 0.3) is 11.0 Å². The van der Waals surface area contributed by atoms with E-state index >= 15 is 0 Å². The SMILES string of the molecule is Cc1nc2c(O)c3c(c(O)c2nc1C)C(=O)N(Cc1cccc(Br)c1)C3=O. The molecule has 1 aromatic heterocycles. The second kappa shape index (κ2) is 6.02. The van der Waals surface area contributed by atoms with Crippen LogP contribution in [0.3, 0.4) is 0 Å². The van der Waals surface area contributed by atoms with Gasteiger partial charge in [-0.25, -0.2) is 9.97 Å². The van der Waals surface area contributed by atoms with E-state index in [2.05, 4.69) is 25.9 Å². The van der Waals surface area contributed by atoms with E-state index in [1.165, 1.54) is 0 Å². The van der Waals surface area contributed by atoms with E-state index < -0.39 is 23.3 Å². The third-order valence-electron chi connectivity index (χ3n) is 4.63. The van der Waals surface area contributed by atoms with Crippen molar-refractivity contribution in [3.63, 3.8) is 0 Å². The Hall–Kier alpha value is -3.00. The number of carbonyl (C=O) groups excluding carboxylic acids is 2. The second-order valence-corrected chi connectivity index (χ2v) is 7.28. The normalized spacial score (nSPS) is 13.5. The third kappa shape index (κ3) is 2.56. The summed E-state index contributed by atoms with van der Waals surface area (Å²) in [5.74, 6) is -2.23. The van der Waals surface area contributed by atoms with Crippen LogP contribution in [0.4, 0.5) is 0 Å². The fraction of sp³-hybridized carbons (Fsp3) is 0.158. The number of aryl methyl sites for hydroxylation is 2. The molecule has 2 heterocycles. The average Bonchev–Trinajstić information content (AvgIpc) is 2.86. The van der Waals surface area contributed by atoms with Gasteiger partial charge in [0.2, 0.25) is 0 Å². The van der Waals surface area contributed by atoms with Gasteiger partial charge >= 0.3 is 0 Å². The van der Waals surface area contributed by atoms with Gasteiger partial charge in [-0.05, 0) is 31.5 Å². The van der Waals surface area contributed by atoms with Gasteiger partial charge in [-0.15, -0.1) is 0 Å². The van der Waals surface area contributed by atoms with Crippen molar-refractivity contribution >= 4 is 38.8 Å². The van der Waals surface area contributed by atoms with Crippen molar-refractivity contribution in [1.29, 1.82) is 0 Å². The van der Waals surface area contributed by atoms with Crippen molar-refractivity contribution in [2.45, 2.75) is 20.4 Å². The van der Waals surface area contributed by atoms with Crippen molar-refractivity contribution in [2.24, 2.45) is 0 Å². The minimum atomic E-state index is -0.676. The molecule has 7 nitrogen and oxygen atoms in total. The molecule has 0 saturated carbocycles. The van der Waals surface area contributed by atoms with E-state index in [0.29, 0.717) is 11.4 Å². The summed E-state index contributed by atoms with van der Waals surface area (Å²) < 4.78 is 0.812. The van der Waals surface area contributed by atoms with Crippen molar-refractivity contribution in [3.05, 3.63) is 56.8 Å². The van der Waals surface area contributed by atoms with Gasteiger partial charge in [0.1, 0.15) is 22.2 Å². The number of halogens is 1. The molecule has 0 radical (unpaired) electrons. The maximum atomic E-state index is 12.8. The molecule has 0 unspecified atom stereocenters. The molecule has 1 aliphatic rings. The fourth-order valence-electron chi connectivity index (χ4n) is 3.15. The maximum absolute atomic E-state index is 12.8. The summed E-state index contributed by atoms with van der Waals surface area (Å²) in [6.07, 6.45) is 0. The molecule has 0 spiro atoms. The molecule has 0 atom stereocenters. The molecule has 0 bridgehead atoms. The highest BCUT2D eigenvalue weighted by Gasteiger charge is 2.42. The summed E-state index contributed by atoms with van der Waals surface area (Å²) >= 11 is 3.35. The first kappa shape index (κ1) is 17.4. The molecule has 2 N–H and O–H groups in total. The number of hydrogen-bond donors (Lipinski definition) is 2. The summed E-state index contributed by atoms with van der Waals surface area (Å²) in [5.41, 5.74) is 1.36. The van der Waals surface area contributed by atoms with E-state index in [9.17, 15) is 19.8 Å². The van der Waals surface area contributed by atoms with Gasteiger partial charge in [-0.2, -0.15) is 0 Å². The molecule has 2 amide bonds. The highest BCUT2D eigenvalue weighted by atomic mass is 79.9. The zero-order valence-corrected chi connectivity index (χ0v) is 16.0. The molecule has 27 heavy (non-hydrogen) atoms. The zero-order chi connectivity index (χ0) is 19.5. The van der Waals surface area contributed by atoms with Crippen molar-refractivity contribution in [1.82, 2.24) is 14.9 Å². The monoisotopic (exact) mass is 427 g/mol. The van der Waals surface area contributed by atoms with Crippen LogP contribution < -0.4 is 0 Å². The van der Waals surface area contributed by atoms with Gasteiger partial charge in [0, 0.05) is 4.47 Å². The van der Waals surface area contributed by atoms with Crippen molar-refractivity contribution < 1.29 is 19.8 Å². The minimum Gasteiger partial charge on any atom is -0.505 e. The molecule has 4 rings (SSSR count). The summed E-state index contributed by atoms with van der Waals surface area (Å²) in [4.78, 5) is 35.1. The quantitative estimate of drug-likeness (QED) is 0.480. The van der Waals surface area contributed by atoms with E-state index in [0.717, 1.165) is 14.9 Å². The van der Waals surface area contributed by atoms with E-state index in [4.69, 9.17) is 0 Å². The smallest absolute Gasteiger partial charge is 0.265 e. The summed E-state index contributed by atoms with van der Waals surface area (Å²) in [6.45, 7) is 3.43. The molecule has 0 fully saturated rings. The summed E-state index contributed by atoms with van der Waals surface area (Å²) in [5, 5.41) is 21.2. The number of carbonyl (C=O) groups is 2. The average molecular weight is 428 g/mol. The Morgan fingerprint density at radius 2 is 1.48 bits per heavy atom. The Morgan fingerprint density at radius 3 is 1.96 bits per heavy atom. The van der Waals surface area contributed by atoms with Crippen molar-refractivity contribution in [2.75, 3.05) is 0 Å². The van der Waals surface area contributed by atoms with Crippen molar-refractivity contribution in [3.8, 4) is 11.5 Å². The Labute approximate surface area is 162 Å². The van der Waals surface area contributed by atoms with Crippen LogP contribution in [0.5, 0.6) is 11.5 Å². The number of phenolic OH excluding ortho intramolecular Hbond substituents is 2. The summed E-state index contributed by atoms with van der Waals surface area (Å²) in [7, 11) is 0. The van der Waals surface area contributed by atoms with Gasteiger partial charge in [0.25, 0.3) is 11.8 Å². The van der Waals surface area contributed by atoms with Gasteiger partial charge < -0.3 is 10.2 Å². The number of nitrogens with zero attached hydrogens (tertiary/aromatic N) is 3. The number of fused-ring (bicyclic) bond motifs is 2. The Morgan fingerprint density at radius 1 is 0.963 bits per heavy atom. The zero-order valence-electron chi connectivity index (χ0n) is 14.4. The number of aromatic nitrogens is 2. The van der Waals surface area contributed by atoms with Crippen LogP contribution in [0.2, 0.25) is 0 Å². The lowest BCUT2D eigenvalue weighted by atomic mass is 10.0. The number of amides is 2.